The molecule has 0 saturated carbocycles. The minimum atomic E-state index is -0.351. The lowest BCUT2D eigenvalue weighted by molar-refractivity contribution is -0.117. The van der Waals surface area contributed by atoms with E-state index in [9.17, 15) is 10.1 Å². The molecule has 2 aromatic rings. The maximum atomic E-state index is 12.6. The third-order valence-corrected chi connectivity index (χ3v) is 4.55. The predicted octanol–water partition coefficient (Wildman–Crippen LogP) is 4.36. The molecule has 0 fully saturated rings. The lowest BCUT2D eigenvalue weighted by Crippen LogP contribution is -2.29. The van der Waals surface area contributed by atoms with Gasteiger partial charge in [0.05, 0.1) is 6.04 Å². The number of carbonyl (C=O) groups excluding carboxylic acids is 1. The number of nitrogens with one attached hydrogen (secondary N) is 1. The molecule has 0 aromatic heterocycles. The van der Waals surface area contributed by atoms with Crippen molar-refractivity contribution in [3.05, 3.63) is 83.1 Å². The largest absolute Gasteiger partial charge is 0.372 e. The Morgan fingerprint density at radius 1 is 1.11 bits per heavy atom. The van der Waals surface area contributed by atoms with E-state index in [-0.39, 0.29) is 17.5 Å². The molecule has 4 heteroatoms. The molecule has 1 unspecified atom stereocenters. The van der Waals surface area contributed by atoms with Crippen LogP contribution in [0.4, 0.5) is 0 Å². The first-order valence-corrected chi connectivity index (χ1v) is 9.37. The number of hydrogen-bond acceptors (Lipinski definition) is 3. The first-order chi connectivity index (χ1) is 13.1. The van der Waals surface area contributed by atoms with E-state index in [1.165, 1.54) is 5.56 Å². The number of hydrogen-bond donors (Lipinski definition) is 1. The Morgan fingerprint density at radius 3 is 2.33 bits per heavy atom. The van der Waals surface area contributed by atoms with Gasteiger partial charge in [0.25, 0.3) is 5.91 Å². The van der Waals surface area contributed by atoms with Gasteiger partial charge in [-0.25, -0.2) is 0 Å². The van der Waals surface area contributed by atoms with Crippen LogP contribution in [0.15, 0.2) is 66.4 Å². The molecule has 2 aromatic carbocycles. The average molecular weight is 361 g/mol. The van der Waals surface area contributed by atoms with Crippen LogP contribution in [0, 0.1) is 11.3 Å². The molecular formula is C23H27N3O. The average Bonchev–Trinajstić information content (AvgIpc) is 2.71. The predicted molar refractivity (Wildman–Crippen MR) is 109 cm³/mol. The highest BCUT2D eigenvalue weighted by Crippen LogP contribution is 2.15. The van der Waals surface area contributed by atoms with Gasteiger partial charge in [0.15, 0.2) is 0 Å². The molecule has 1 N–H and O–H groups in total. The Kier molecular flexibility index (Phi) is 7.63. The van der Waals surface area contributed by atoms with E-state index in [4.69, 9.17) is 0 Å². The Balaban J connectivity index is 2.06. The Hall–Kier alpha value is -3.06. The van der Waals surface area contributed by atoms with E-state index in [0.29, 0.717) is 13.1 Å². The van der Waals surface area contributed by atoms with Crippen LogP contribution in [-0.4, -0.2) is 17.4 Å². The third-order valence-electron chi connectivity index (χ3n) is 4.55. The molecule has 140 valence electrons. The van der Waals surface area contributed by atoms with Gasteiger partial charge < -0.3 is 10.2 Å². The summed E-state index contributed by atoms with van der Waals surface area (Å²) >= 11 is 0. The number of aryl methyl sites for hydroxylation is 1. The second-order valence-corrected chi connectivity index (χ2v) is 6.49. The van der Waals surface area contributed by atoms with E-state index in [1.807, 2.05) is 67.3 Å². The molecule has 1 atom stereocenters. The van der Waals surface area contributed by atoms with Gasteiger partial charge in [-0.3, -0.25) is 4.79 Å². The zero-order chi connectivity index (χ0) is 19.6. The smallest absolute Gasteiger partial charge is 0.263 e. The summed E-state index contributed by atoms with van der Waals surface area (Å²) in [7, 11) is 0. The number of nitriles is 1. The number of nitrogens with zero attached hydrogens (tertiary/aromatic N) is 2. The highest BCUT2D eigenvalue weighted by Gasteiger charge is 2.15. The summed E-state index contributed by atoms with van der Waals surface area (Å²) in [5, 5.41) is 12.4. The molecule has 0 aliphatic heterocycles. The summed E-state index contributed by atoms with van der Waals surface area (Å²) in [6, 6.07) is 20.0. The Labute approximate surface area is 162 Å². The second-order valence-electron chi connectivity index (χ2n) is 6.49. The molecule has 0 bridgehead atoms. The fraction of sp³-hybridized carbons (Fsp3) is 0.304. The zero-order valence-electron chi connectivity index (χ0n) is 16.3. The van der Waals surface area contributed by atoms with Gasteiger partial charge in [-0.15, -0.1) is 0 Å². The lowest BCUT2D eigenvalue weighted by Gasteiger charge is -2.20. The minimum absolute atomic E-state index is 0.116. The summed E-state index contributed by atoms with van der Waals surface area (Å²) in [4.78, 5) is 14.5. The molecule has 1 amide bonds. The quantitative estimate of drug-likeness (QED) is 0.561. The highest BCUT2D eigenvalue weighted by atomic mass is 16.1. The van der Waals surface area contributed by atoms with Crippen molar-refractivity contribution in [1.29, 1.82) is 5.26 Å². The minimum Gasteiger partial charge on any atom is -0.372 e. The maximum Gasteiger partial charge on any atom is 0.263 e. The zero-order valence-corrected chi connectivity index (χ0v) is 16.3. The van der Waals surface area contributed by atoms with Gasteiger partial charge in [0.2, 0.25) is 0 Å². The van der Waals surface area contributed by atoms with E-state index in [1.54, 1.807) is 6.20 Å². The normalized spacial score (nSPS) is 12.1. The van der Waals surface area contributed by atoms with Gasteiger partial charge in [-0.1, -0.05) is 61.5 Å². The van der Waals surface area contributed by atoms with Gasteiger partial charge in [0.1, 0.15) is 11.6 Å². The van der Waals surface area contributed by atoms with Crippen LogP contribution in [-0.2, 0) is 17.8 Å². The van der Waals surface area contributed by atoms with Crippen molar-refractivity contribution in [3.8, 4) is 6.07 Å². The van der Waals surface area contributed by atoms with Gasteiger partial charge in [-0.05, 0) is 37.0 Å². The standard InChI is InChI=1S/C23H27N3O/c1-4-19-11-13-21(14-12-19)18(3)25-23(27)22(15-24)17-26(5-2)16-20-9-7-6-8-10-20/h6-14,17-18H,4-5,16H2,1-3H3,(H,25,27)/b22-17-. The van der Waals surface area contributed by atoms with E-state index >= 15 is 0 Å². The molecule has 0 aliphatic carbocycles. The first kappa shape index (κ1) is 20.3. The van der Waals surface area contributed by atoms with Gasteiger partial charge in [0, 0.05) is 19.3 Å². The molecule has 4 nitrogen and oxygen atoms in total. The fourth-order valence-electron chi connectivity index (χ4n) is 2.79. The molecular weight excluding hydrogens is 334 g/mol. The van der Waals surface area contributed by atoms with E-state index < -0.39 is 0 Å². The molecule has 0 radical (unpaired) electrons. The van der Waals surface area contributed by atoms with Crippen molar-refractivity contribution in [2.24, 2.45) is 0 Å². The molecule has 0 aliphatic rings. The summed E-state index contributed by atoms with van der Waals surface area (Å²) in [6.45, 7) is 7.41. The fourth-order valence-corrected chi connectivity index (χ4v) is 2.79. The Bertz CT molecular complexity index is 804. The molecule has 0 spiro atoms. The number of benzene rings is 2. The molecule has 27 heavy (non-hydrogen) atoms. The van der Waals surface area contributed by atoms with Crippen LogP contribution >= 0.6 is 0 Å². The second kappa shape index (κ2) is 10.2. The summed E-state index contributed by atoms with van der Waals surface area (Å²) in [5.41, 5.74) is 3.53. The monoisotopic (exact) mass is 361 g/mol. The summed E-state index contributed by atoms with van der Waals surface area (Å²) < 4.78 is 0. The molecule has 2 rings (SSSR count). The topological polar surface area (TPSA) is 56.1 Å². The van der Waals surface area contributed by atoms with Crippen molar-refractivity contribution < 1.29 is 4.79 Å². The first-order valence-electron chi connectivity index (χ1n) is 9.37. The Morgan fingerprint density at radius 2 is 1.78 bits per heavy atom. The van der Waals surface area contributed by atoms with Crippen molar-refractivity contribution in [2.45, 2.75) is 39.8 Å². The molecule has 0 heterocycles. The van der Waals surface area contributed by atoms with Gasteiger partial charge >= 0.3 is 0 Å². The van der Waals surface area contributed by atoms with Crippen LogP contribution in [0.3, 0.4) is 0 Å². The van der Waals surface area contributed by atoms with E-state index in [0.717, 1.165) is 17.5 Å². The van der Waals surface area contributed by atoms with Crippen LogP contribution in [0.2, 0.25) is 0 Å². The lowest BCUT2D eigenvalue weighted by atomic mass is 10.0. The maximum absolute atomic E-state index is 12.6. The van der Waals surface area contributed by atoms with Crippen molar-refractivity contribution >= 4 is 5.91 Å². The van der Waals surface area contributed by atoms with Crippen molar-refractivity contribution in [1.82, 2.24) is 10.2 Å². The van der Waals surface area contributed by atoms with Crippen LogP contribution < -0.4 is 5.32 Å². The van der Waals surface area contributed by atoms with Gasteiger partial charge in [-0.2, -0.15) is 5.26 Å². The molecule has 0 saturated heterocycles. The van der Waals surface area contributed by atoms with Crippen molar-refractivity contribution in [3.63, 3.8) is 0 Å². The van der Waals surface area contributed by atoms with Crippen molar-refractivity contribution in [2.75, 3.05) is 6.54 Å². The van der Waals surface area contributed by atoms with Crippen LogP contribution in [0.5, 0.6) is 0 Å². The third kappa shape index (κ3) is 6.00. The van der Waals surface area contributed by atoms with E-state index in [2.05, 4.69) is 24.4 Å². The number of rotatable bonds is 8. The number of carbonyl (C=O) groups is 1. The summed E-state index contributed by atoms with van der Waals surface area (Å²) in [5.74, 6) is -0.351. The number of amides is 1. The van der Waals surface area contributed by atoms with Crippen LogP contribution in [0.1, 0.15) is 43.5 Å². The highest BCUT2D eigenvalue weighted by molar-refractivity contribution is 5.97. The summed E-state index contributed by atoms with van der Waals surface area (Å²) in [6.07, 6.45) is 2.63. The van der Waals surface area contributed by atoms with Crippen LogP contribution in [0.25, 0.3) is 0 Å². The SMILES string of the molecule is CCc1ccc(C(C)NC(=O)/C(C#N)=C\N(CC)Cc2ccccc2)cc1.